The van der Waals surface area contributed by atoms with Crippen molar-refractivity contribution in [3.05, 3.63) is 58.1 Å². The van der Waals surface area contributed by atoms with E-state index in [4.69, 9.17) is 16.7 Å². The van der Waals surface area contributed by atoms with E-state index in [9.17, 15) is 4.79 Å². The summed E-state index contributed by atoms with van der Waals surface area (Å²) in [5, 5.41) is 15.6. The summed E-state index contributed by atoms with van der Waals surface area (Å²) < 4.78 is 0. The molecule has 0 bridgehead atoms. The number of aliphatic hydroxyl groups is 1. The highest BCUT2D eigenvalue weighted by Gasteiger charge is 2.09. The van der Waals surface area contributed by atoms with E-state index in [1.165, 1.54) is 0 Å². The van der Waals surface area contributed by atoms with E-state index < -0.39 is 0 Å². The summed E-state index contributed by atoms with van der Waals surface area (Å²) in [6.45, 7) is 4.07. The maximum absolute atomic E-state index is 12.2. The van der Waals surface area contributed by atoms with Crippen molar-refractivity contribution in [2.24, 2.45) is 0 Å². The maximum Gasteiger partial charge on any atom is 0.243 e. The van der Waals surface area contributed by atoms with Crippen LogP contribution in [0.1, 0.15) is 23.6 Å². The number of carbonyl (C=O) groups is 1. The molecular weight excluding hydrogens is 312 g/mol. The molecule has 0 saturated heterocycles. The number of halogens is 1. The van der Waals surface area contributed by atoms with Crippen molar-refractivity contribution < 1.29 is 9.90 Å². The van der Waals surface area contributed by atoms with Crippen LogP contribution in [0.5, 0.6) is 0 Å². The molecule has 23 heavy (non-hydrogen) atoms. The number of aliphatic hydroxyl groups excluding tert-OH is 1. The zero-order valence-electron chi connectivity index (χ0n) is 13.3. The quantitative estimate of drug-likeness (QED) is 0.755. The van der Waals surface area contributed by atoms with E-state index in [1.807, 2.05) is 25.1 Å². The van der Waals surface area contributed by atoms with Crippen molar-refractivity contribution in [1.82, 2.24) is 0 Å². The lowest BCUT2D eigenvalue weighted by atomic mass is 10.1. The molecule has 5 heteroatoms. The minimum atomic E-state index is -0.139. The molecule has 0 spiro atoms. The van der Waals surface area contributed by atoms with Crippen molar-refractivity contribution in [3.8, 4) is 0 Å². The second-order valence-corrected chi connectivity index (χ2v) is 5.74. The van der Waals surface area contributed by atoms with Gasteiger partial charge in [-0.15, -0.1) is 0 Å². The van der Waals surface area contributed by atoms with Gasteiger partial charge in [-0.25, -0.2) is 0 Å². The Kier molecular flexibility index (Phi) is 6.02. The van der Waals surface area contributed by atoms with Gasteiger partial charge in [-0.2, -0.15) is 0 Å². The van der Waals surface area contributed by atoms with Gasteiger partial charge >= 0.3 is 0 Å². The smallest absolute Gasteiger partial charge is 0.243 e. The Bertz CT molecular complexity index is 701. The second kappa shape index (κ2) is 7.99. The lowest BCUT2D eigenvalue weighted by Crippen LogP contribution is -2.23. The average molecular weight is 333 g/mol. The van der Waals surface area contributed by atoms with Crippen LogP contribution in [0.4, 0.5) is 11.4 Å². The summed E-state index contributed by atoms with van der Waals surface area (Å²) in [7, 11) is 0. The highest BCUT2D eigenvalue weighted by atomic mass is 35.5. The van der Waals surface area contributed by atoms with Gasteiger partial charge in [-0.05, 0) is 42.2 Å². The lowest BCUT2D eigenvalue weighted by Gasteiger charge is -2.14. The van der Waals surface area contributed by atoms with E-state index >= 15 is 0 Å². The van der Waals surface area contributed by atoms with Crippen LogP contribution < -0.4 is 10.6 Å². The number of anilines is 2. The number of aryl methyl sites for hydroxylation is 2. The first-order chi connectivity index (χ1) is 11.0. The predicted octanol–water partition coefficient (Wildman–Crippen LogP) is 3.75. The van der Waals surface area contributed by atoms with Gasteiger partial charge in [0.1, 0.15) is 0 Å². The van der Waals surface area contributed by atoms with Crippen LogP contribution in [0.2, 0.25) is 5.02 Å². The van der Waals surface area contributed by atoms with Crippen LogP contribution in [0, 0.1) is 6.92 Å². The van der Waals surface area contributed by atoms with Gasteiger partial charge in [0.05, 0.1) is 23.9 Å². The van der Waals surface area contributed by atoms with Gasteiger partial charge in [0, 0.05) is 5.69 Å². The van der Waals surface area contributed by atoms with Crippen LogP contribution >= 0.6 is 11.6 Å². The molecule has 0 aliphatic rings. The first kappa shape index (κ1) is 17.3. The molecule has 4 nitrogen and oxygen atoms in total. The predicted molar refractivity (Wildman–Crippen MR) is 95.1 cm³/mol. The number of rotatable bonds is 6. The first-order valence-electron chi connectivity index (χ1n) is 7.56. The van der Waals surface area contributed by atoms with Crippen LogP contribution in [0.3, 0.4) is 0 Å². The van der Waals surface area contributed by atoms with E-state index in [-0.39, 0.29) is 19.1 Å². The lowest BCUT2D eigenvalue weighted by molar-refractivity contribution is -0.114. The van der Waals surface area contributed by atoms with Gasteiger partial charge in [-0.3, -0.25) is 4.79 Å². The molecule has 0 heterocycles. The van der Waals surface area contributed by atoms with Gasteiger partial charge in [-0.1, -0.05) is 42.8 Å². The Hall–Kier alpha value is -2.04. The zero-order valence-corrected chi connectivity index (χ0v) is 14.1. The fraction of sp³-hybridized carbons (Fsp3) is 0.278. The van der Waals surface area contributed by atoms with Crippen molar-refractivity contribution >= 4 is 28.9 Å². The number of para-hydroxylation sites is 1. The largest absolute Gasteiger partial charge is 0.392 e. The summed E-state index contributed by atoms with van der Waals surface area (Å²) in [6, 6.07) is 11.2. The highest BCUT2D eigenvalue weighted by molar-refractivity contribution is 6.33. The minimum absolute atomic E-state index is 0.0683. The van der Waals surface area contributed by atoms with Gasteiger partial charge in [0.2, 0.25) is 5.91 Å². The third kappa shape index (κ3) is 4.47. The standard InChI is InChI=1S/C18H21ClN2O2/c1-3-14-6-4-5-12(2)18(14)21-17(23)10-20-16-9-13(11-22)7-8-15(16)19/h4-9,20,22H,3,10-11H2,1-2H3,(H,21,23). The molecule has 0 saturated carbocycles. The topological polar surface area (TPSA) is 61.4 Å². The highest BCUT2D eigenvalue weighted by Crippen LogP contribution is 2.23. The number of hydrogen-bond donors (Lipinski definition) is 3. The average Bonchev–Trinajstić information content (AvgIpc) is 2.56. The summed E-state index contributed by atoms with van der Waals surface area (Å²) in [4.78, 5) is 12.2. The molecule has 0 fully saturated rings. The Morgan fingerprint density at radius 1 is 1.26 bits per heavy atom. The number of nitrogens with one attached hydrogen (secondary N) is 2. The molecular formula is C18H21ClN2O2. The van der Waals surface area contributed by atoms with Crippen LogP contribution in [0.25, 0.3) is 0 Å². The van der Waals surface area contributed by atoms with E-state index in [2.05, 4.69) is 17.6 Å². The zero-order chi connectivity index (χ0) is 16.8. The van der Waals surface area contributed by atoms with Crippen LogP contribution in [0.15, 0.2) is 36.4 Å². The number of amides is 1. The molecule has 0 aliphatic heterocycles. The SMILES string of the molecule is CCc1cccc(C)c1NC(=O)CNc1cc(CO)ccc1Cl. The van der Waals surface area contributed by atoms with Crippen molar-refractivity contribution in [3.63, 3.8) is 0 Å². The molecule has 0 radical (unpaired) electrons. The van der Waals surface area contributed by atoms with Crippen molar-refractivity contribution in [1.29, 1.82) is 0 Å². The molecule has 122 valence electrons. The Morgan fingerprint density at radius 3 is 2.74 bits per heavy atom. The maximum atomic E-state index is 12.2. The number of carbonyl (C=O) groups excluding carboxylic acids is 1. The Labute approximate surface area is 141 Å². The fourth-order valence-electron chi connectivity index (χ4n) is 2.37. The van der Waals surface area contributed by atoms with Crippen molar-refractivity contribution in [2.45, 2.75) is 26.9 Å². The third-order valence-corrected chi connectivity index (χ3v) is 3.99. The second-order valence-electron chi connectivity index (χ2n) is 5.34. The van der Waals surface area contributed by atoms with E-state index in [0.29, 0.717) is 10.7 Å². The summed E-state index contributed by atoms with van der Waals surface area (Å²) in [6.07, 6.45) is 0.856. The van der Waals surface area contributed by atoms with Crippen LogP contribution in [-0.2, 0) is 17.8 Å². The monoisotopic (exact) mass is 332 g/mol. The molecule has 2 aromatic rings. The summed E-state index contributed by atoms with van der Waals surface area (Å²) >= 11 is 6.09. The molecule has 2 rings (SSSR count). The van der Waals surface area contributed by atoms with Gasteiger partial charge < -0.3 is 15.7 Å². The fourth-order valence-corrected chi connectivity index (χ4v) is 2.55. The Morgan fingerprint density at radius 2 is 2.04 bits per heavy atom. The molecule has 0 aromatic heterocycles. The first-order valence-corrected chi connectivity index (χ1v) is 7.94. The minimum Gasteiger partial charge on any atom is -0.392 e. The number of hydrogen-bond acceptors (Lipinski definition) is 3. The van der Waals surface area contributed by atoms with E-state index in [0.717, 1.165) is 28.8 Å². The molecule has 0 aliphatic carbocycles. The molecule has 0 unspecified atom stereocenters. The molecule has 2 aromatic carbocycles. The molecule has 3 N–H and O–H groups in total. The van der Waals surface area contributed by atoms with E-state index in [1.54, 1.807) is 18.2 Å². The van der Waals surface area contributed by atoms with Gasteiger partial charge in [0.15, 0.2) is 0 Å². The summed E-state index contributed by atoms with van der Waals surface area (Å²) in [5.41, 5.74) is 4.40. The molecule has 1 amide bonds. The van der Waals surface area contributed by atoms with Gasteiger partial charge in [0.25, 0.3) is 0 Å². The summed E-state index contributed by atoms with van der Waals surface area (Å²) in [5.74, 6) is -0.139. The normalized spacial score (nSPS) is 10.4. The Balaban J connectivity index is 2.04. The van der Waals surface area contributed by atoms with Crippen molar-refractivity contribution in [2.75, 3.05) is 17.2 Å². The number of benzene rings is 2. The molecule has 0 atom stereocenters. The third-order valence-electron chi connectivity index (χ3n) is 3.66. The van der Waals surface area contributed by atoms with Crippen LogP contribution in [-0.4, -0.2) is 17.6 Å².